The van der Waals surface area contributed by atoms with Gasteiger partial charge in [-0.2, -0.15) is 5.26 Å². The van der Waals surface area contributed by atoms with Crippen molar-refractivity contribution in [2.75, 3.05) is 7.05 Å². The number of benzene rings is 1. The Kier molecular flexibility index (Phi) is 3.63. The smallest absolute Gasteiger partial charge is 0.143 e. The highest BCUT2D eigenvalue weighted by Gasteiger charge is 2.15. The molecular weight excluding hydrogens is 262 g/mol. The van der Waals surface area contributed by atoms with Crippen LogP contribution < -0.4 is 5.32 Å². The lowest BCUT2D eigenvalue weighted by atomic mass is 10.2. The lowest BCUT2D eigenvalue weighted by Crippen LogP contribution is -2.12. The van der Waals surface area contributed by atoms with E-state index < -0.39 is 0 Å². The highest BCUT2D eigenvalue weighted by atomic mass is 15.1. The minimum Gasteiger partial charge on any atom is -0.316 e. The molecular formula is C16H15N5. The van der Waals surface area contributed by atoms with Crippen LogP contribution in [0.5, 0.6) is 0 Å². The second-order valence-electron chi connectivity index (χ2n) is 4.70. The zero-order chi connectivity index (χ0) is 14.7. The Balaban J connectivity index is 2.28. The molecule has 3 aromatic rings. The van der Waals surface area contributed by atoms with E-state index in [0.29, 0.717) is 6.54 Å². The van der Waals surface area contributed by atoms with Crippen molar-refractivity contribution in [2.45, 2.75) is 13.0 Å². The second-order valence-corrected chi connectivity index (χ2v) is 4.70. The second kappa shape index (κ2) is 5.73. The Bertz CT molecular complexity index is 813. The standard InChI is InChI=1S/C16H15N5/c1-18-11-12-5-4-10-19-16(12)21-14-7-3-2-6-13(14)20-15(21)8-9-17/h2-7,10,18H,8,11H2,1H3. The van der Waals surface area contributed by atoms with Crippen LogP contribution >= 0.6 is 0 Å². The molecule has 0 saturated carbocycles. The van der Waals surface area contributed by atoms with E-state index >= 15 is 0 Å². The third-order valence-electron chi connectivity index (χ3n) is 3.31. The first-order valence-corrected chi connectivity index (χ1v) is 6.77. The summed E-state index contributed by atoms with van der Waals surface area (Å²) >= 11 is 0. The summed E-state index contributed by atoms with van der Waals surface area (Å²) in [5.74, 6) is 1.54. The van der Waals surface area contributed by atoms with Crippen LogP contribution in [0.1, 0.15) is 11.4 Å². The minimum absolute atomic E-state index is 0.254. The van der Waals surface area contributed by atoms with Crippen LogP contribution in [-0.2, 0) is 13.0 Å². The number of hydrogen-bond donors (Lipinski definition) is 1. The number of nitrogens with zero attached hydrogens (tertiary/aromatic N) is 4. The first kappa shape index (κ1) is 13.3. The SMILES string of the molecule is CNCc1cccnc1-n1c(CC#N)nc2ccccc21. The number of nitrogens with one attached hydrogen (secondary N) is 1. The molecule has 3 rings (SSSR count). The summed E-state index contributed by atoms with van der Waals surface area (Å²) in [5.41, 5.74) is 2.92. The highest BCUT2D eigenvalue weighted by Crippen LogP contribution is 2.22. The van der Waals surface area contributed by atoms with Gasteiger partial charge in [0.15, 0.2) is 0 Å². The van der Waals surface area contributed by atoms with E-state index in [1.807, 2.05) is 48.0 Å². The Morgan fingerprint density at radius 2 is 2.10 bits per heavy atom. The van der Waals surface area contributed by atoms with Gasteiger partial charge in [0.25, 0.3) is 0 Å². The molecule has 0 spiro atoms. The number of nitriles is 1. The number of hydrogen-bond acceptors (Lipinski definition) is 4. The fourth-order valence-corrected chi connectivity index (χ4v) is 2.46. The van der Waals surface area contributed by atoms with Crippen molar-refractivity contribution >= 4 is 11.0 Å². The molecule has 0 aliphatic heterocycles. The quantitative estimate of drug-likeness (QED) is 0.794. The Morgan fingerprint density at radius 1 is 1.24 bits per heavy atom. The van der Waals surface area contributed by atoms with Crippen LogP contribution in [0.15, 0.2) is 42.6 Å². The van der Waals surface area contributed by atoms with Crippen molar-refractivity contribution in [3.8, 4) is 11.9 Å². The lowest BCUT2D eigenvalue weighted by molar-refractivity contribution is 0.793. The number of fused-ring (bicyclic) bond motifs is 1. The monoisotopic (exact) mass is 277 g/mol. The minimum atomic E-state index is 0.254. The zero-order valence-electron chi connectivity index (χ0n) is 11.7. The number of aromatic nitrogens is 3. The summed E-state index contributed by atoms with van der Waals surface area (Å²) in [6.07, 6.45) is 2.02. The third-order valence-corrected chi connectivity index (χ3v) is 3.31. The van der Waals surface area contributed by atoms with Gasteiger partial charge in [-0.15, -0.1) is 0 Å². The normalized spacial score (nSPS) is 10.7. The molecule has 104 valence electrons. The summed E-state index contributed by atoms with van der Waals surface area (Å²) in [5, 5.41) is 12.2. The maximum atomic E-state index is 9.05. The van der Waals surface area contributed by atoms with Gasteiger partial charge in [-0.05, 0) is 25.2 Å². The Labute approximate surface area is 122 Å². The zero-order valence-corrected chi connectivity index (χ0v) is 11.7. The summed E-state index contributed by atoms with van der Waals surface area (Å²) in [7, 11) is 1.90. The molecule has 5 nitrogen and oxygen atoms in total. The molecule has 0 unspecified atom stereocenters. The predicted octanol–water partition coefficient (Wildman–Crippen LogP) is 2.21. The molecule has 2 heterocycles. The van der Waals surface area contributed by atoms with Gasteiger partial charge in [0, 0.05) is 18.3 Å². The van der Waals surface area contributed by atoms with Crippen LogP contribution in [0.3, 0.4) is 0 Å². The predicted molar refractivity (Wildman–Crippen MR) is 80.9 cm³/mol. The fourth-order valence-electron chi connectivity index (χ4n) is 2.46. The van der Waals surface area contributed by atoms with Gasteiger partial charge in [0.05, 0.1) is 23.5 Å². The van der Waals surface area contributed by atoms with E-state index in [0.717, 1.165) is 28.2 Å². The fraction of sp³-hybridized carbons (Fsp3) is 0.188. The first-order valence-electron chi connectivity index (χ1n) is 6.77. The average molecular weight is 277 g/mol. The maximum absolute atomic E-state index is 9.05. The van der Waals surface area contributed by atoms with Gasteiger partial charge in [0.2, 0.25) is 0 Å². The molecule has 0 aliphatic carbocycles. The van der Waals surface area contributed by atoms with Crippen molar-refractivity contribution in [2.24, 2.45) is 0 Å². The molecule has 1 N–H and O–H groups in total. The molecule has 21 heavy (non-hydrogen) atoms. The Hall–Kier alpha value is -2.71. The molecule has 2 aromatic heterocycles. The lowest BCUT2D eigenvalue weighted by Gasteiger charge is -2.11. The van der Waals surface area contributed by atoms with Crippen molar-refractivity contribution < 1.29 is 0 Å². The van der Waals surface area contributed by atoms with Crippen molar-refractivity contribution in [1.29, 1.82) is 5.26 Å². The molecule has 0 atom stereocenters. The average Bonchev–Trinajstić information content (AvgIpc) is 2.86. The van der Waals surface area contributed by atoms with Gasteiger partial charge >= 0.3 is 0 Å². The summed E-state index contributed by atoms with van der Waals surface area (Å²) in [6.45, 7) is 0.710. The van der Waals surface area contributed by atoms with Crippen molar-refractivity contribution in [3.63, 3.8) is 0 Å². The van der Waals surface area contributed by atoms with Crippen molar-refractivity contribution in [1.82, 2.24) is 19.9 Å². The van der Waals surface area contributed by atoms with E-state index in [1.54, 1.807) is 6.20 Å². The van der Waals surface area contributed by atoms with E-state index in [1.165, 1.54) is 0 Å². The summed E-state index contributed by atoms with van der Waals surface area (Å²) < 4.78 is 1.98. The van der Waals surface area contributed by atoms with Gasteiger partial charge in [-0.3, -0.25) is 4.57 Å². The molecule has 0 aliphatic rings. The molecule has 0 radical (unpaired) electrons. The molecule has 1 aromatic carbocycles. The van der Waals surface area contributed by atoms with Crippen LogP contribution in [0.4, 0.5) is 0 Å². The van der Waals surface area contributed by atoms with Gasteiger partial charge in [-0.1, -0.05) is 18.2 Å². The molecule has 0 saturated heterocycles. The van der Waals surface area contributed by atoms with Crippen LogP contribution in [-0.4, -0.2) is 21.6 Å². The van der Waals surface area contributed by atoms with Gasteiger partial charge in [-0.25, -0.2) is 9.97 Å². The van der Waals surface area contributed by atoms with Crippen LogP contribution in [0, 0.1) is 11.3 Å². The molecule has 0 fully saturated rings. The highest BCUT2D eigenvalue weighted by molar-refractivity contribution is 5.78. The van der Waals surface area contributed by atoms with E-state index in [2.05, 4.69) is 21.4 Å². The van der Waals surface area contributed by atoms with E-state index in [-0.39, 0.29) is 6.42 Å². The largest absolute Gasteiger partial charge is 0.316 e. The van der Waals surface area contributed by atoms with Gasteiger partial charge < -0.3 is 5.32 Å². The third kappa shape index (κ3) is 2.37. The number of para-hydroxylation sites is 2. The Morgan fingerprint density at radius 3 is 2.90 bits per heavy atom. The van der Waals surface area contributed by atoms with Crippen molar-refractivity contribution in [3.05, 3.63) is 54.0 Å². The van der Waals surface area contributed by atoms with E-state index in [4.69, 9.17) is 5.26 Å². The molecule has 0 amide bonds. The topological polar surface area (TPSA) is 66.5 Å². The maximum Gasteiger partial charge on any atom is 0.143 e. The van der Waals surface area contributed by atoms with Crippen LogP contribution in [0.25, 0.3) is 16.9 Å². The number of imidazole rings is 1. The van der Waals surface area contributed by atoms with E-state index in [9.17, 15) is 0 Å². The number of rotatable bonds is 4. The number of pyridine rings is 1. The molecule has 0 bridgehead atoms. The first-order chi connectivity index (χ1) is 10.3. The van der Waals surface area contributed by atoms with Crippen LogP contribution in [0.2, 0.25) is 0 Å². The molecule has 5 heteroatoms. The van der Waals surface area contributed by atoms with Gasteiger partial charge in [0.1, 0.15) is 11.6 Å². The summed E-state index contributed by atoms with van der Waals surface area (Å²) in [6, 6.07) is 14.0. The summed E-state index contributed by atoms with van der Waals surface area (Å²) in [4.78, 5) is 9.07.